The third kappa shape index (κ3) is 5.71. The summed E-state index contributed by atoms with van der Waals surface area (Å²) in [5.41, 5.74) is 0. The van der Waals surface area contributed by atoms with E-state index in [1.54, 1.807) is 29.2 Å². The first-order valence-corrected chi connectivity index (χ1v) is 10.3. The number of halogens is 1. The van der Waals surface area contributed by atoms with E-state index in [0.29, 0.717) is 34.0 Å². The second kappa shape index (κ2) is 9.24. The van der Waals surface area contributed by atoms with Crippen molar-refractivity contribution in [3.05, 3.63) is 51.7 Å². The van der Waals surface area contributed by atoms with Crippen LogP contribution in [-0.4, -0.2) is 36.0 Å². The van der Waals surface area contributed by atoms with Gasteiger partial charge in [-0.15, -0.1) is 11.3 Å². The fourth-order valence-electron chi connectivity index (χ4n) is 3.30. The van der Waals surface area contributed by atoms with Crippen LogP contribution in [0.5, 0.6) is 5.75 Å². The van der Waals surface area contributed by atoms with Crippen LogP contribution in [0.1, 0.15) is 37.3 Å². The minimum absolute atomic E-state index is 0. The summed E-state index contributed by atoms with van der Waals surface area (Å²) < 4.78 is 6.01. The van der Waals surface area contributed by atoms with Gasteiger partial charge in [0.15, 0.2) is 0 Å². The van der Waals surface area contributed by atoms with Gasteiger partial charge >= 0.3 is 6.09 Å². The lowest BCUT2D eigenvalue weighted by molar-refractivity contribution is 0.0933. The normalized spacial score (nSPS) is 16.0. The average Bonchev–Trinajstić information content (AvgIpc) is 3.09. The number of thiophene rings is 1. The molecule has 0 radical (unpaired) electrons. The lowest BCUT2D eigenvalue weighted by Gasteiger charge is -2.32. The number of piperidine rings is 1. The van der Waals surface area contributed by atoms with Crippen molar-refractivity contribution >= 4 is 34.9 Å². The van der Waals surface area contributed by atoms with Gasteiger partial charge in [0.25, 0.3) is 5.91 Å². The zero-order chi connectivity index (χ0) is 19.2. The van der Waals surface area contributed by atoms with Crippen LogP contribution in [0.15, 0.2) is 42.5 Å². The molecule has 2 amide bonds. The molecule has 2 heterocycles. The van der Waals surface area contributed by atoms with Crippen LogP contribution >= 0.6 is 22.9 Å². The molecule has 2 aromatic rings. The van der Waals surface area contributed by atoms with E-state index in [1.807, 2.05) is 25.1 Å². The number of amides is 2. The van der Waals surface area contributed by atoms with Crippen LogP contribution in [0, 0.1) is 5.92 Å². The largest absolute Gasteiger partial charge is 0.415 e. The quantitative estimate of drug-likeness (QED) is 0.751. The molecular weight excluding hydrogens is 384 g/mol. The number of hydrogen-bond acceptors (Lipinski definition) is 4. The van der Waals surface area contributed by atoms with Gasteiger partial charge < -0.3 is 15.0 Å². The minimum Gasteiger partial charge on any atom is -0.410 e. The number of para-hydroxylation sites is 1. The minimum atomic E-state index is -0.296. The van der Waals surface area contributed by atoms with Crippen molar-refractivity contribution in [1.82, 2.24) is 10.2 Å². The second-order valence-electron chi connectivity index (χ2n) is 6.83. The Morgan fingerprint density at radius 1 is 1.26 bits per heavy atom. The van der Waals surface area contributed by atoms with Gasteiger partial charge in [0, 0.05) is 20.6 Å². The maximum Gasteiger partial charge on any atom is 0.415 e. The molecule has 1 aromatic carbocycles. The van der Waals surface area contributed by atoms with Crippen LogP contribution < -0.4 is 10.1 Å². The van der Waals surface area contributed by atoms with Crippen molar-refractivity contribution in [2.24, 2.45) is 5.92 Å². The molecule has 0 unspecified atom stereocenters. The van der Waals surface area contributed by atoms with Crippen molar-refractivity contribution in [3.8, 4) is 5.75 Å². The van der Waals surface area contributed by atoms with E-state index in [1.165, 1.54) is 11.3 Å². The molecule has 1 N–H and O–H groups in total. The Morgan fingerprint density at radius 2 is 1.96 bits per heavy atom. The summed E-state index contributed by atoms with van der Waals surface area (Å²) in [7, 11) is 0. The van der Waals surface area contributed by atoms with Crippen molar-refractivity contribution < 1.29 is 15.8 Å². The number of nitrogens with zero attached hydrogens (tertiary/aromatic N) is 1. The highest BCUT2D eigenvalue weighted by Gasteiger charge is 2.25. The van der Waals surface area contributed by atoms with Gasteiger partial charge in [0.1, 0.15) is 5.75 Å². The van der Waals surface area contributed by atoms with Crippen LogP contribution in [0.4, 0.5) is 4.79 Å². The van der Waals surface area contributed by atoms with E-state index in [0.717, 1.165) is 19.3 Å². The van der Waals surface area contributed by atoms with Crippen molar-refractivity contribution in [2.45, 2.75) is 32.2 Å². The summed E-state index contributed by atoms with van der Waals surface area (Å²) >= 11 is 7.17. The number of carbonyl (C=O) groups excluding carboxylic acids is 2. The maximum atomic E-state index is 12.2. The van der Waals surface area contributed by atoms with Gasteiger partial charge in [-0.25, -0.2) is 4.79 Å². The molecule has 1 aliphatic heterocycles. The summed E-state index contributed by atoms with van der Waals surface area (Å²) in [4.78, 5) is 26.8. The lowest BCUT2D eigenvalue weighted by Crippen LogP contribution is -2.42. The highest BCUT2D eigenvalue weighted by Crippen LogP contribution is 2.24. The molecule has 27 heavy (non-hydrogen) atoms. The van der Waals surface area contributed by atoms with E-state index in [4.69, 9.17) is 16.3 Å². The maximum absolute atomic E-state index is 12.2. The predicted molar refractivity (Wildman–Crippen MR) is 110 cm³/mol. The third-order valence-corrected chi connectivity index (χ3v) is 5.91. The summed E-state index contributed by atoms with van der Waals surface area (Å²) in [5, 5.41) is 3.03. The van der Waals surface area contributed by atoms with Crippen molar-refractivity contribution in [3.63, 3.8) is 0 Å². The number of carbonyl (C=O) groups is 2. The van der Waals surface area contributed by atoms with Gasteiger partial charge in [-0.05, 0) is 56.4 Å². The van der Waals surface area contributed by atoms with Gasteiger partial charge in [-0.2, -0.15) is 0 Å². The molecule has 1 atom stereocenters. The van der Waals surface area contributed by atoms with Crippen LogP contribution in [0.3, 0.4) is 0 Å². The van der Waals surface area contributed by atoms with E-state index < -0.39 is 0 Å². The summed E-state index contributed by atoms with van der Waals surface area (Å²) in [6, 6.07) is 12.7. The molecule has 0 saturated carbocycles. The number of nitrogens with one attached hydrogen (secondary N) is 1. The Morgan fingerprint density at radius 3 is 2.59 bits per heavy atom. The Hall–Kier alpha value is -2.05. The molecule has 5 nitrogen and oxygen atoms in total. The van der Waals surface area contributed by atoms with Crippen molar-refractivity contribution in [1.29, 1.82) is 0 Å². The van der Waals surface area contributed by atoms with E-state index in [2.05, 4.69) is 5.32 Å². The summed E-state index contributed by atoms with van der Waals surface area (Å²) in [5.74, 6) is 0.964. The zero-order valence-corrected chi connectivity index (χ0v) is 16.8. The molecular formula is C20H25ClN2O3S. The Labute approximate surface area is 169 Å². The lowest BCUT2D eigenvalue weighted by atomic mass is 9.91. The third-order valence-electron chi connectivity index (χ3n) is 4.68. The molecule has 1 fully saturated rings. The summed E-state index contributed by atoms with van der Waals surface area (Å²) in [6.07, 6.45) is 2.42. The van der Waals surface area contributed by atoms with Crippen LogP contribution in [0.2, 0.25) is 4.34 Å². The first-order valence-electron chi connectivity index (χ1n) is 9.09. The fourth-order valence-corrected chi connectivity index (χ4v) is 4.24. The van der Waals surface area contributed by atoms with Gasteiger partial charge in [0.05, 0.1) is 9.21 Å². The molecule has 3 rings (SSSR count). The SMILES string of the molecule is C[C@H](CC1CCN(C(=O)Oc2ccccc2)CC1)NC(=O)c1ccc(Cl)s1.[HH]. The molecule has 1 aromatic heterocycles. The van der Waals surface area contributed by atoms with Gasteiger partial charge in [-0.1, -0.05) is 29.8 Å². The number of likely N-dealkylation sites (tertiary alicyclic amines) is 1. The number of ether oxygens (including phenoxy) is 1. The number of rotatable bonds is 5. The zero-order valence-electron chi connectivity index (χ0n) is 15.2. The smallest absolute Gasteiger partial charge is 0.410 e. The predicted octanol–water partition coefficient (Wildman–Crippen LogP) is 5.07. The Bertz CT molecular complexity index is 779. The molecule has 0 bridgehead atoms. The van der Waals surface area contributed by atoms with Crippen LogP contribution in [-0.2, 0) is 0 Å². The standard InChI is InChI=1S/C20H23ClN2O3S.H2/c1-14(22-19(24)17-7-8-18(21)27-17)13-15-9-11-23(12-10-15)20(25)26-16-5-3-2-4-6-16;/h2-8,14-15H,9-13H2,1H3,(H,22,24);1H/t14-;/m1./s1. The monoisotopic (exact) mass is 408 g/mol. The number of hydrogen-bond donors (Lipinski definition) is 1. The first kappa shape index (κ1) is 19.7. The van der Waals surface area contributed by atoms with Crippen molar-refractivity contribution in [2.75, 3.05) is 13.1 Å². The highest BCUT2D eigenvalue weighted by atomic mass is 35.5. The Balaban J connectivity index is 0.00000280. The van der Waals surface area contributed by atoms with E-state index in [9.17, 15) is 9.59 Å². The van der Waals surface area contributed by atoms with Crippen LogP contribution in [0.25, 0.3) is 0 Å². The molecule has 0 spiro atoms. The summed E-state index contributed by atoms with van der Waals surface area (Å²) in [6.45, 7) is 3.37. The van der Waals surface area contributed by atoms with E-state index in [-0.39, 0.29) is 19.5 Å². The molecule has 146 valence electrons. The number of benzene rings is 1. The fraction of sp³-hybridized carbons (Fsp3) is 0.400. The molecule has 7 heteroatoms. The van der Waals surface area contributed by atoms with Gasteiger partial charge in [-0.3, -0.25) is 4.79 Å². The molecule has 1 aliphatic rings. The van der Waals surface area contributed by atoms with E-state index >= 15 is 0 Å². The topological polar surface area (TPSA) is 58.6 Å². The van der Waals surface area contributed by atoms with Gasteiger partial charge in [0.2, 0.25) is 0 Å². The highest BCUT2D eigenvalue weighted by molar-refractivity contribution is 7.18. The Kier molecular flexibility index (Phi) is 6.74. The molecule has 1 saturated heterocycles. The second-order valence-corrected chi connectivity index (χ2v) is 8.54. The molecule has 0 aliphatic carbocycles. The first-order chi connectivity index (χ1) is 13.0. The average molecular weight is 409 g/mol.